The first-order valence-corrected chi connectivity index (χ1v) is 7.76. The van der Waals surface area contributed by atoms with Gasteiger partial charge in [-0.25, -0.2) is 0 Å². The second kappa shape index (κ2) is 6.86. The van der Waals surface area contributed by atoms with Gasteiger partial charge in [-0.15, -0.1) is 11.3 Å². The van der Waals surface area contributed by atoms with Crippen LogP contribution in [-0.2, 0) is 13.0 Å². The number of rotatable bonds is 6. The zero-order chi connectivity index (χ0) is 14.4. The molecule has 2 rings (SSSR count). The van der Waals surface area contributed by atoms with Crippen molar-refractivity contribution in [1.82, 2.24) is 10.3 Å². The minimum atomic E-state index is 0.0874. The second-order valence-electron chi connectivity index (χ2n) is 5.76. The molecule has 0 aromatic carbocycles. The summed E-state index contributed by atoms with van der Waals surface area (Å²) in [6.45, 7) is 7.93. The summed E-state index contributed by atoms with van der Waals surface area (Å²) < 4.78 is 5.90. The molecule has 2 aromatic heterocycles. The average molecular weight is 290 g/mol. The quantitative estimate of drug-likeness (QED) is 0.881. The second-order valence-corrected chi connectivity index (χ2v) is 6.80. The van der Waals surface area contributed by atoms with Crippen LogP contribution < -0.4 is 10.1 Å². The molecule has 0 fully saturated rings. The first-order chi connectivity index (χ1) is 9.54. The van der Waals surface area contributed by atoms with E-state index >= 15 is 0 Å². The van der Waals surface area contributed by atoms with Crippen molar-refractivity contribution in [3.63, 3.8) is 0 Å². The number of hydrogen-bond donors (Lipinski definition) is 1. The third kappa shape index (κ3) is 4.94. The SMILES string of the molecule is CC(C)(C)NCc1cnccc1OCCc1cccs1. The Labute approximate surface area is 125 Å². The molecule has 0 saturated carbocycles. The lowest BCUT2D eigenvalue weighted by Gasteiger charge is -2.21. The van der Waals surface area contributed by atoms with Crippen LogP contribution in [0.15, 0.2) is 36.0 Å². The van der Waals surface area contributed by atoms with Gasteiger partial charge in [0.1, 0.15) is 5.75 Å². The molecular formula is C16H22N2OS. The van der Waals surface area contributed by atoms with Gasteiger partial charge in [0.15, 0.2) is 0 Å². The summed E-state index contributed by atoms with van der Waals surface area (Å²) in [5.74, 6) is 0.924. The Kier molecular flexibility index (Phi) is 5.15. The van der Waals surface area contributed by atoms with Crippen LogP contribution >= 0.6 is 11.3 Å². The minimum absolute atomic E-state index is 0.0874. The number of nitrogens with one attached hydrogen (secondary N) is 1. The predicted octanol–water partition coefficient (Wildman–Crippen LogP) is 3.65. The summed E-state index contributed by atoms with van der Waals surface area (Å²) in [7, 11) is 0. The van der Waals surface area contributed by atoms with Crippen LogP contribution in [-0.4, -0.2) is 17.1 Å². The molecule has 0 unspecified atom stereocenters. The molecule has 0 amide bonds. The van der Waals surface area contributed by atoms with E-state index in [2.05, 4.69) is 48.6 Å². The monoisotopic (exact) mass is 290 g/mol. The van der Waals surface area contributed by atoms with Crippen LogP contribution in [0.1, 0.15) is 31.2 Å². The van der Waals surface area contributed by atoms with E-state index in [1.165, 1.54) is 4.88 Å². The highest BCUT2D eigenvalue weighted by atomic mass is 32.1. The van der Waals surface area contributed by atoms with Crippen molar-refractivity contribution in [2.75, 3.05) is 6.61 Å². The minimum Gasteiger partial charge on any atom is -0.493 e. The van der Waals surface area contributed by atoms with Gasteiger partial charge in [0.05, 0.1) is 6.61 Å². The Hall–Kier alpha value is -1.39. The van der Waals surface area contributed by atoms with Crippen molar-refractivity contribution < 1.29 is 4.74 Å². The number of ether oxygens (including phenoxy) is 1. The van der Waals surface area contributed by atoms with Crippen LogP contribution in [0.4, 0.5) is 0 Å². The number of thiophene rings is 1. The van der Waals surface area contributed by atoms with E-state index in [1.807, 2.05) is 12.3 Å². The highest BCUT2D eigenvalue weighted by Crippen LogP contribution is 2.18. The van der Waals surface area contributed by atoms with Gasteiger partial charge in [0.25, 0.3) is 0 Å². The molecule has 0 atom stereocenters. The van der Waals surface area contributed by atoms with Crippen molar-refractivity contribution in [3.8, 4) is 5.75 Å². The topological polar surface area (TPSA) is 34.2 Å². The zero-order valence-electron chi connectivity index (χ0n) is 12.3. The lowest BCUT2D eigenvalue weighted by Crippen LogP contribution is -2.35. The zero-order valence-corrected chi connectivity index (χ0v) is 13.2. The molecule has 1 N–H and O–H groups in total. The van der Waals surface area contributed by atoms with Crippen LogP contribution in [0.3, 0.4) is 0 Å². The number of aromatic nitrogens is 1. The number of hydrogen-bond acceptors (Lipinski definition) is 4. The van der Waals surface area contributed by atoms with E-state index in [4.69, 9.17) is 4.74 Å². The molecule has 0 bridgehead atoms. The van der Waals surface area contributed by atoms with Crippen LogP contribution in [0.25, 0.3) is 0 Å². The molecular weight excluding hydrogens is 268 g/mol. The standard InChI is InChI=1S/C16H22N2OS/c1-16(2,3)18-12-13-11-17-8-6-15(13)19-9-7-14-5-4-10-20-14/h4-6,8,10-11,18H,7,9,12H2,1-3H3. The van der Waals surface area contributed by atoms with Crippen LogP contribution in [0.5, 0.6) is 5.75 Å². The highest BCUT2D eigenvalue weighted by molar-refractivity contribution is 7.09. The van der Waals surface area contributed by atoms with E-state index in [0.717, 1.165) is 24.3 Å². The summed E-state index contributed by atoms with van der Waals surface area (Å²) >= 11 is 1.77. The van der Waals surface area contributed by atoms with Crippen molar-refractivity contribution in [2.45, 2.75) is 39.3 Å². The molecule has 0 spiro atoms. The van der Waals surface area contributed by atoms with Crippen LogP contribution in [0.2, 0.25) is 0 Å². The Morgan fingerprint density at radius 3 is 2.85 bits per heavy atom. The molecule has 108 valence electrons. The Morgan fingerprint density at radius 2 is 2.15 bits per heavy atom. The van der Waals surface area contributed by atoms with E-state index in [-0.39, 0.29) is 5.54 Å². The maximum atomic E-state index is 5.90. The molecule has 2 aromatic rings. The normalized spacial score (nSPS) is 11.6. The summed E-state index contributed by atoms with van der Waals surface area (Å²) in [4.78, 5) is 5.54. The Morgan fingerprint density at radius 1 is 1.30 bits per heavy atom. The van der Waals surface area contributed by atoms with Gasteiger partial charge in [-0.3, -0.25) is 4.98 Å². The molecule has 2 heterocycles. The fraction of sp³-hybridized carbons (Fsp3) is 0.438. The van der Waals surface area contributed by atoms with Crippen molar-refractivity contribution in [1.29, 1.82) is 0 Å². The third-order valence-corrected chi connectivity index (χ3v) is 3.79. The molecule has 0 aliphatic carbocycles. The Bertz CT molecular complexity index is 518. The highest BCUT2D eigenvalue weighted by Gasteiger charge is 2.11. The van der Waals surface area contributed by atoms with E-state index in [1.54, 1.807) is 17.5 Å². The van der Waals surface area contributed by atoms with Gasteiger partial charge in [0.2, 0.25) is 0 Å². The largest absolute Gasteiger partial charge is 0.493 e. The first-order valence-electron chi connectivity index (χ1n) is 6.88. The molecule has 3 nitrogen and oxygen atoms in total. The Balaban J connectivity index is 1.90. The molecule has 20 heavy (non-hydrogen) atoms. The van der Waals surface area contributed by atoms with Crippen molar-refractivity contribution in [3.05, 3.63) is 46.4 Å². The van der Waals surface area contributed by atoms with E-state index in [0.29, 0.717) is 6.61 Å². The van der Waals surface area contributed by atoms with E-state index in [9.17, 15) is 0 Å². The van der Waals surface area contributed by atoms with Gasteiger partial charge in [-0.1, -0.05) is 6.07 Å². The fourth-order valence-electron chi connectivity index (χ4n) is 1.76. The smallest absolute Gasteiger partial charge is 0.126 e. The van der Waals surface area contributed by atoms with Crippen molar-refractivity contribution >= 4 is 11.3 Å². The average Bonchev–Trinajstić information content (AvgIpc) is 2.90. The van der Waals surface area contributed by atoms with Gasteiger partial charge in [-0.2, -0.15) is 0 Å². The first kappa shape index (κ1) is 15.0. The summed E-state index contributed by atoms with van der Waals surface area (Å²) in [5.41, 5.74) is 1.19. The third-order valence-electron chi connectivity index (χ3n) is 2.85. The van der Waals surface area contributed by atoms with Crippen LogP contribution in [0, 0.1) is 0 Å². The van der Waals surface area contributed by atoms with Crippen molar-refractivity contribution in [2.24, 2.45) is 0 Å². The summed E-state index contributed by atoms with van der Waals surface area (Å²) in [6.07, 6.45) is 4.60. The molecule has 0 radical (unpaired) electrons. The fourth-order valence-corrected chi connectivity index (χ4v) is 2.46. The molecule has 0 saturated heterocycles. The maximum absolute atomic E-state index is 5.90. The lowest BCUT2D eigenvalue weighted by molar-refractivity contribution is 0.315. The number of nitrogens with zero attached hydrogens (tertiary/aromatic N) is 1. The van der Waals surface area contributed by atoms with Gasteiger partial charge < -0.3 is 10.1 Å². The predicted molar refractivity (Wildman–Crippen MR) is 84.3 cm³/mol. The number of pyridine rings is 1. The molecule has 4 heteroatoms. The molecule has 0 aliphatic rings. The maximum Gasteiger partial charge on any atom is 0.126 e. The molecule has 0 aliphatic heterocycles. The lowest BCUT2D eigenvalue weighted by atomic mass is 10.1. The van der Waals surface area contributed by atoms with Gasteiger partial charge in [0, 0.05) is 41.3 Å². The van der Waals surface area contributed by atoms with Gasteiger partial charge in [-0.05, 0) is 38.3 Å². The van der Waals surface area contributed by atoms with E-state index < -0.39 is 0 Å². The summed E-state index contributed by atoms with van der Waals surface area (Å²) in [5, 5.41) is 5.56. The summed E-state index contributed by atoms with van der Waals surface area (Å²) in [6, 6.07) is 6.15. The van der Waals surface area contributed by atoms with Gasteiger partial charge >= 0.3 is 0 Å².